The van der Waals surface area contributed by atoms with Crippen LogP contribution < -0.4 is 5.32 Å². The summed E-state index contributed by atoms with van der Waals surface area (Å²) in [4.78, 5) is 18.0. The highest BCUT2D eigenvalue weighted by atomic mass is 79.9. The van der Waals surface area contributed by atoms with Crippen molar-refractivity contribution in [3.05, 3.63) is 62.4 Å². The molecule has 0 aliphatic heterocycles. The van der Waals surface area contributed by atoms with Crippen molar-refractivity contribution in [1.82, 2.24) is 14.8 Å². The van der Waals surface area contributed by atoms with E-state index in [0.29, 0.717) is 31.0 Å². The molecule has 0 aliphatic carbocycles. The number of hydrogen-bond donors (Lipinski definition) is 1. The Labute approximate surface area is 187 Å². The van der Waals surface area contributed by atoms with Crippen LogP contribution in [-0.4, -0.2) is 26.9 Å². The first-order valence-electron chi connectivity index (χ1n) is 8.05. The molecular formula is C18H13BrCl2N6OS. The standard InChI is InChI=1S/C18H13BrCl2N6OS/c1-10-6-11(20)7-14(29(2)24-9-22)16(10)25-18(28)13-8-15(19)26-27(13)17-12(21)4-3-5-23-17/h3-8H,1-2H3,(H,25,28). The highest BCUT2D eigenvalue weighted by molar-refractivity contribution is 9.10. The molecule has 1 amide bonds. The van der Waals surface area contributed by atoms with Gasteiger partial charge in [0, 0.05) is 22.2 Å². The van der Waals surface area contributed by atoms with Crippen LogP contribution in [0.4, 0.5) is 5.69 Å². The fourth-order valence-electron chi connectivity index (χ4n) is 2.60. The van der Waals surface area contributed by atoms with E-state index in [2.05, 4.69) is 35.7 Å². The molecule has 11 heteroatoms. The number of nitrogens with zero attached hydrogens (tertiary/aromatic N) is 5. The maximum absolute atomic E-state index is 13.1. The zero-order chi connectivity index (χ0) is 21.1. The van der Waals surface area contributed by atoms with Crippen LogP contribution in [0.25, 0.3) is 5.82 Å². The number of benzene rings is 1. The van der Waals surface area contributed by atoms with E-state index in [1.165, 1.54) is 4.68 Å². The number of pyridine rings is 1. The van der Waals surface area contributed by atoms with E-state index in [0.717, 1.165) is 5.56 Å². The zero-order valence-corrected chi connectivity index (χ0v) is 19.1. The molecule has 1 atom stereocenters. The Morgan fingerprint density at radius 2 is 2.14 bits per heavy atom. The van der Waals surface area contributed by atoms with Crippen molar-refractivity contribution < 1.29 is 4.79 Å². The molecule has 0 spiro atoms. The monoisotopic (exact) mass is 510 g/mol. The Morgan fingerprint density at radius 1 is 1.38 bits per heavy atom. The number of halogens is 3. The minimum atomic E-state index is -0.779. The smallest absolute Gasteiger partial charge is 0.274 e. The Hall–Kier alpha value is -2.25. The van der Waals surface area contributed by atoms with Gasteiger partial charge in [-0.3, -0.25) is 4.79 Å². The van der Waals surface area contributed by atoms with E-state index in [1.807, 2.05) is 6.92 Å². The summed E-state index contributed by atoms with van der Waals surface area (Å²) < 4.78 is 5.68. The first-order valence-corrected chi connectivity index (χ1v) is 11.2. The van der Waals surface area contributed by atoms with Gasteiger partial charge in [-0.25, -0.2) is 9.67 Å². The molecule has 0 saturated carbocycles. The van der Waals surface area contributed by atoms with Crippen LogP contribution in [-0.2, 0) is 10.7 Å². The SMILES string of the molecule is Cc1cc(Cl)cc(S(C)=NC#N)c1NC(=O)c1cc(Br)nn1-c1ncccc1Cl. The van der Waals surface area contributed by atoms with Gasteiger partial charge in [0.1, 0.15) is 10.3 Å². The van der Waals surface area contributed by atoms with Crippen molar-refractivity contribution in [3.63, 3.8) is 0 Å². The average Bonchev–Trinajstić information content (AvgIpc) is 3.05. The van der Waals surface area contributed by atoms with Gasteiger partial charge in [-0.15, -0.1) is 4.36 Å². The number of rotatable bonds is 4. The number of carbonyl (C=O) groups excluding carboxylic acids is 1. The summed E-state index contributed by atoms with van der Waals surface area (Å²) in [6.07, 6.45) is 5.13. The molecule has 1 unspecified atom stereocenters. The van der Waals surface area contributed by atoms with E-state index < -0.39 is 16.6 Å². The van der Waals surface area contributed by atoms with Crippen molar-refractivity contribution in [2.45, 2.75) is 11.8 Å². The molecular weight excluding hydrogens is 499 g/mol. The van der Waals surface area contributed by atoms with Crippen LogP contribution >= 0.6 is 39.1 Å². The highest BCUT2D eigenvalue weighted by Crippen LogP contribution is 2.30. The van der Waals surface area contributed by atoms with E-state index in [4.69, 9.17) is 28.5 Å². The maximum atomic E-state index is 13.1. The van der Waals surface area contributed by atoms with Crippen LogP contribution in [0.2, 0.25) is 10.0 Å². The summed E-state index contributed by atoms with van der Waals surface area (Å²) >= 11 is 15.7. The predicted octanol–water partition coefficient (Wildman–Crippen LogP) is 5.17. The third-order valence-electron chi connectivity index (χ3n) is 3.85. The van der Waals surface area contributed by atoms with Crippen molar-refractivity contribution >= 4 is 61.4 Å². The van der Waals surface area contributed by atoms with Gasteiger partial charge in [0.05, 0.1) is 10.7 Å². The molecule has 148 valence electrons. The molecule has 29 heavy (non-hydrogen) atoms. The second-order valence-corrected chi connectivity index (χ2v) is 9.03. The Bertz CT molecular complexity index is 1190. The normalized spacial score (nSPS) is 11.9. The van der Waals surface area contributed by atoms with Gasteiger partial charge in [-0.1, -0.05) is 33.9 Å². The van der Waals surface area contributed by atoms with Gasteiger partial charge >= 0.3 is 0 Å². The number of carbonyl (C=O) groups is 1. The number of nitriles is 1. The van der Waals surface area contributed by atoms with Gasteiger partial charge in [0.25, 0.3) is 5.91 Å². The molecule has 3 rings (SSSR count). The lowest BCUT2D eigenvalue weighted by Crippen LogP contribution is -2.19. The van der Waals surface area contributed by atoms with Gasteiger partial charge in [0.2, 0.25) is 6.19 Å². The summed E-state index contributed by atoms with van der Waals surface area (Å²) in [5.41, 5.74) is 1.51. The molecule has 0 aliphatic rings. The number of hydrogen-bond acceptors (Lipinski definition) is 5. The Morgan fingerprint density at radius 3 is 2.83 bits per heavy atom. The number of anilines is 1. The predicted molar refractivity (Wildman–Crippen MR) is 118 cm³/mol. The Kier molecular flexibility index (Phi) is 6.70. The van der Waals surface area contributed by atoms with Crippen molar-refractivity contribution in [3.8, 4) is 12.0 Å². The molecule has 7 nitrogen and oxygen atoms in total. The number of nitrogens with one attached hydrogen (secondary N) is 1. The third-order valence-corrected chi connectivity index (χ3v) is 6.07. The zero-order valence-electron chi connectivity index (χ0n) is 15.2. The summed E-state index contributed by atoms with van der Waals surface area (Å²) in [6.45, 7) is 1.82. The second-order valence-electron chi connectivity index (χ2n) is 5.79. The topological polar surface area (TPSA) is 96.0 Å². The molecule has 0 fully saturated rings. The second kappa shape index (κ2) is 9.05. The van der Waals surface area contributed by atoms with Crippen LogP contribution in [0.15, 0.2) is 50.4 Å². The molecule has 2 aromatic heterocycles. The number of aryl methyl sites for hydroxylation is 1. The quantitative estimate of drug-likeness (QED) is 0.488. The van der Waals surface area contributed by atoms with Crippen LogP contribution in [0.5, 0.6) is 0 Å². The van der Waals surface area contributed by atoms with Crippen LogP contribution in [0.3, 0.4) is 0 Å². The van der Waals surface area contributed by atoms with Crippen molar-refractivity contribution in [2.24, 2.45) is 4.36 Å². The lowest BCUT2D eigenvalue weighted by Gasteiger charge is -2.15. The van der Waals surface area contributed by atoms with Crippen LogP contribution in [0.1, 0.15) is 16.1 Å². The molecule has 1 N–H and O–H groups in total. The third kappa shape index (κ3) is 4.67. The highest BCUT2D eigenvalue weighted by Gasteiger charge is 2.21. The molecule has 0 saturated heterocycles. The van der Waals surface area contributed by atoms with Gasteiger partial charge < -0.3 is 5.32 Å². The average molecular weight is 512 g/mol. The largest absolute Gasteiger partial charge is 0.319 e. The van der Waals surface area contributed by atoms with E-state index in [-0.39, 0.29) is 5.69 Å². The minimum absolute atomic E-state index is 0.228. The minimum Gasteiger partial charge on any atom is -0.319 e. The van der Waals surface area contributed by atoms with E-state index in [9.17, 15) is 4.79 Å². The summed E-state index contributed by atoms with van der Waals surface area (Å²) in [5, 5.41) is 16.9. The molecule has 0 radical (unpaired) electrons. The van der Waals surface area contributed by atoms with Crippen molar-refractivity contribution in [1.29, 1.82) is 5.26 Å². The Balaban J connectivity index is 2.07. The fraction of sp³-hybridized carbons (Fsp3) is 0.111. The maximum Gasteiger partial charge on any atom is 0.274 e. The van der Waals surface area contributed by atoms with Crippen molar-refractivity contribution in [2.75, 3.05) is 11.6 Å². The summed E-state index contributed by atoms with van der Waals surface area (Å²) in [5.74, 6) is -0.0988. The first kappa shape index (κ1) is 21.5. The summed E-state index contributed by atoms with van der Waals surface area (Å²) in [7, 11) is -0.779. The lowest BCUT2D eigenvalue weighted by molar-refractivity contribution is 0.101. The lowest BCUT2D eigenvalue weighted by atomic mass is 10.2. The molecule has 1 aromatic carbocycles. The molecule has 2 heterocycles. The van der Waals surface area contributed by atoms with Gasteiger partial charge in [-0.05, 0) is 58.9 Å². The van der Waals surface area contributed by atoms with Crippen LogP contribution in [0, 0.1) is 18.4 Å². The molecule has 0 bridgehead atoms. The van der Waals surface area contributed by atoms with Gasteiger partial charge in [-0.2, -0.15) is 10.4 Å². The van der Waals surface area contributed by atoms with Gasteiger partial charge in [0.15, 0.2) is 5.82 Å². The molecule has 3 aromatic rings. The number of amides is 1. The first-order chi connectivity index (χ1) is 13.8. The summed E-state index contributed by atoms with van der Waals surface area (Å²) in [6, 6.07) is 8.34. The van der Waals surface area contributed by atoms with E-state index in [1.54, 1.807) is 49.0 Å². The fourth-order valence-corrected chi connectivity index (χ4v) is 4.54. The van der Waals surface area contributed by atoms with E-state index >= 15 is 0 Å². The number of aromatic nitrogens is 3.